The van der Waals surface area contributed by atoms with Gasteiger partial charge in [0.2, 0.25) is 0 Å². The Balaban J connectivity index is 2.06. The van der Waals surface area contributed by atoms with Crippen LogP contribution < -0.4 is 4.74 Å². The van der Waals surface area contributed by atoms with E-state index in [-0.39, 0.29) is 6.61 Å². The number of aromatic nitrogens is 1. The van der Waals surface area contributed by atoms with Crippen molar-refractivity contribution in [3.05, 3.63) is 46.3 Å². The summed E-state index contributed by atoms with van der Waals surface area (Å²) in [6.45, 7) is 2.27. The van der Waals surface area contributed by atoms with Gasteiger partial charge in [-0.2, -0.15) is 0 Å². The number of hydrogen-bond donors (Lipinski definition) is 1. The van der Waals surface area contributed by atoms with Crippen molar-refractivity contribution in [2.75, 3.05) is 7.11 Å². The lowest BCUT2D eigenvalue weighted by atomic mass is 10.1. The van der Waals surface area contributed by atoms with Gasteiger partial charge in [-0.1, -0.05) is 16.8 Å². The SMILES string of the molecule is COCc1cc(COc2ccc(Cl)cc2[C@H](C)O)no1. The fourth-order valence-electron chi connectivity index (χ4n) is 1.76. The standard InChI is InChI=1S/C14H16ClNO4/c1-9(17)13-5-10(15)3-4-14(13)19-7-11-6-12(8-18-2)20-16-11/h3-6,9,17H,7-8H2,1-2H3/t9-/m0/s1. The average molecular weight is 298 g/mol. The molecule has 0 fully saturated rings. The van der Waals surface area contributed by atoms with Crippen molar-refractivity contribution in [1.29, 1.82) is 0 Å². The lowest BCUT2D eigenvalue weighted by Crippen LogP contribution is -2.01. The second-order valence-corrected chi connectivity index (χ2v) is 4.80. The minimum absolute atomic E-state index is 0.245. The molecule has 0 radical (unpaired) electrons. The van der Waals surface area contributed by atoms with Crippen LogP contribution in [0.25, 0.3) is 0 Å². The fourth-order valence-corrected chi connectivity index (χ4v) is 1.94. The molecular weight excluding hydrogens is 282 g/mol. The molecule has 0 aliphatic heterocycles. The van der Waals surface area contributed by atoms with Gasteiger partial charge in [-0.15, -0.1) is 0 Å². The number of nitrogens with zero attached hydrogens (tertiary/aromatic N) is 1. The van der Waals surface area contributed by atoms with E-state index in [9.17, 15) is 5.11 Å². The minimum Gasteiger partial charge on any atom is -0.487 e. The van der Waals surface area contributed by atoms with Crippen LogP contribution in [0, 0.1) is 0 Å². The Hall–Kier alpha value is -1.56. The Bertz CT molecular complexity index is 568. The zero-order valence-corrected chi connectivity index (χ0v) is 12.1. The highest BCUT2D eigenvalue weighted by Crippen LogP contribution is 2.28. The average Bonchev–Trinajstić information content (AvgIpc) is 2.85. The molecule has 0 spiro atoms. The predicted octanol–water partition coefficient (Wildman–Crippen LogP) is 3.11. The summed E-state index contributed by atoms with van der Waals surface area (Å²) in [4.78, 5) is 0. The van der Waals surface area contributed by atoms with Crippen LogP contribution in [-0.2, 0) is 18.0 Å². The topological polar surface area (TPSA) is 64.7 Å². The van der Waals surface area contributed by atoms with E-state index in [1.54, 1.807) is 38.3 Å². The van der Waals surface area contributed by atoms with E-state index in [4.69, 9.17) is 25.6 Å². The van der Waals surface area contributed by atoms with Gasteiger partial charge in [0.05, 0.1) is 6.10 Å². The van der Waals surface area contributed by atoms with E-state index in [1.165, 1.54) is 0 Å². The number of aliphatic hydroxyl groups is 1. The first kappa shape index (κ1) is 14.8. The molecule has 1 N–H and O–H groups in total. The first-order valence-electron chi connectivity index (χ1n) is 6.14. The first-order chi connectivity index (χ1) is 9.60. The predicted molar refractivity (Wildman–Crippen MR) is 73.6 cm³/mol. The zero-order valence-electron chi connectivity index (χ0n) is 11.3. The third kappa shape index (κ3) is 3.72. The highest BCUT2D eigenvalue weighted by molar-refractivity contribution is 6.30. The highest BCUT2D eigenvalue weighted by atomic mass is 35.5. The molecule has 0 bridgehead atoms. The van der Waals surface area contributed by atoms with E-state index in [2.05, 4.69) is 5.16 Å². The van der Waals surface area contributed by atoms with Gasteiger partial charge in [0.1, 0.15) is 24.7 Å². The molecule has 0 saturated heterocycles. The molecule has 108 valence electrons. The third-order valence-corrected chi connectivity index (χ3v) is 2.93. The van der Waals surface area contributed by atoms with E-state index in [1.807, 2.05) is 0 Å². The summed E-state index contributed by atoms with van der Waals surface area (Å²) in [5.41, 5.74) is 1.29. The number of methoxy groups -OCH3 is 1. The van der Waals surface area contributed by atoms with Crippen LogP contribution in [0.1, 0.15) is 30.0 Å². The minimum atomic E-state index is -0.662. The maximum Gasteiger partial charge on any atom is 0.162 e. The summed E-state index contributed by atoms with van der Waals surface area (Å²) >= 11 is 5.91. The van der Waals surface area contributed by atoms with Crippen molar-refractivity contribution in [2.24, 2.45) is 0 Å². The van der Waals surface area contributed by atoms with E-state index in [0.717, 1.165) is 0 Å². The monoisotopic (exact) mass is 297 g/mol. The summed E-state index contributed by atoms with van der Waals surface area (Å²) in [7, 11) is 1.58. The van der Waals surface area contributed by atoms with E-state index < -0.39 is 6.10 Å². The maximum atomic E-state index is 9.71. The largest absolute Gasteiger partial charge is 0.487 e. The summed E-state index contributed by atoms with van der Waals surface area (Å²) in [5, 5.41) is 14.1. The Morgan fingerprint density at radius 3 is 2.85 bits per heavy atom. The molecule has 20 heavy (non-hydrogen) atoms. The summed E-state index contributed by atoms with van der Waals surface area (Å²) in [5.74, 6) is 1.21. The molecule has 2 aromatic rings. The number of ether oxygens (including phenoxy) is 2. The molecule has 1 aromatic carbocycles. The molecule has 1 aromatic heterocycles. The second-order valence-electron chi connectivity index (χ2n) is 4.36. The normalized spacial score (nSPS) is 12.4. The van der Waals surface area contributed by atoms with Crippen LogP contribution in [0.3, 0.4) is 0 Å². The second kappa shape index (κ2) is 6.74. The van der Waals surface area contributed by atoms with Crippen LogP contribution in [0.5, 0.6) is 5.75 Å². The van der Waals surface area contributed by atoms with Crippen molar-refractivity contribution in [3.63, 3.8) is 0 Å². The molecular formula is C14H16ClNO4. The number of hydrogen-bond acceptors (Lipinski definition) is 5. The smallest absolute Gasteiger partial charge is 0.162 e. The van der Waals surface area contributed by atoms with Crippen molar-refractivity contribution < 1.29 is 19.1 Å². The lowest BCUT2D eigenvalue weighted by Gasteiger charge is -2.12. The van der Waals surface area contributed by atoms with Gasteiger partial charge < -0.3 is 19.1 Å². The van der Waals surface area contributed by atoms with Crippen molar-refractivity contribution >= 4 is 11.6 Å². The molecule has 6 heteroatoms. The number of rotatable bonds is 6. The van der Waals surface area contributed by atoms with Gasteiger partial charge in [-0.25, -0.2) is 0 Å². The number of aliphatic hydroxyl groups excluding tert-OH is 1. The van der Waals surface area contributed by atoms with Crippen LogP contribution in [0.2, 0.25) is 5.02 Å². The van der Waals surface area contributed by atoms with Gasteiger partial charge in [-0.3, -0.25) is 0 Å². The van der Waals surface area contributed by atoms with Crippen molar-refractivity contribution in [1.82, 2.24) is 5.16 Å². The number of halogens is 1. The summed E-state index contributed by atoms with van der Waals surface area (Å²) in [6, 6.07) is 6.88. The molecule has 0 amide bonds. The lowest BCUT2D eigenvalue weighted by molar-refractivity contribution is 0.155. The Kier molecular flexibility index (Phi) is 5.00. The maximum absolute atomic E-state index is 9.71. The van der Waals surface area contributed by atoms with Crippen LogP contribution in [0.4, 0.5) is 0 Å². The molecule has 0 unspecified atom stereocenters. The molecule has 5 nitrogen and oxygen atoms in total. The molecule has 0 aliphatic carbocycles. The van der Waals surface area contributed by atoms with Crippen molar-refractivity contribution in [3.8, 4) is 5.75 Å². The van der Waals surface area contributed by atoms with Gasteiger partial charge >= 0.3 is 0 Å². The van der Waals surface area contributed by atoms with Gasteiger partial charge in [0, 0.05) is 23.8 Å². The van der Waals surface area contributed by atoms with Crippen LogP contribution in [-0.4, -0.2) is 17.4 Å². The number of benzene rings is 1. The Morgan fingerprint density at radius 2 is 2.15 bits per heavy atom. The van der Waals surface area contributed by atoms with Crippen LogP contribution in [0.15, 0.2) is 28.8 Å². The van der Waals surface area contributed by atoms with E-state index >= 15 is 0 Å². The first-order valence-corrected chi connectivity index (χ1v) is 6.51. The van der Waals surface area contributed by atoms with Crippen LogP contribution >= 0.6 is 11.6 Å². The molecule has 1 atom stereocenters. The van der Waals surface area contributed by atoms with Gasteiger partial charge in [0.15, 0.2) is 5.76 Å². The summed E-state index contributed by atoms with van der Waals surface area (Å²) < 4.78 is 15.7. The fraction of sp³-hybridized carbons (Fsp3) is 0.357. The molecule has 0 saturated carbocycles. The highest BCUT2D eigenvalue weighted by Gasteiger charge is 2.11. The van der Waals surface area contributed by atoms with E-state index in [0.29, 0.717) is 34.4 Å². The molecule has 0 aliphatic rings. The zero-order chi connectivity index (χ0) is 14.5. The third-order valence-electron chi connectivity index (χ3n) is 2.69. The Labute approximate surface area is 122 Å². The van der Waals surface area contributed by atoms with Gasteiger partial charge in [0.25, 0.3) is 0 Å². The molecule has 1 heterocycles. The quantitative estimate of drug-likeness (QED) is 0.887. The van der Waals surface area contributed by atoms with Gasteiger partial charge in [-0.05, 0) is 25.1 Å². The summed E-state index contributed by atoms with van der Waals surface area (Å²) in [6.07, 6.45) is -0.662. The van der Waals surface area contributed by atoms with Crippen molar-refractivity contribution in [2.45, 2.75) is 26.2 Å². The Morgan fingerprint density at radius 1 is 1.35 bits per heavy atom. The molecule has 2 rings (SSSR count).